The Morgan fingerprint density at radius 2 is 1.87 bits per heavy atom. The van der Waals surface area contributed by atoms with Gasteiger partial charge in [-0.25, -0.2) is 14.8 Å². The number of carbonyl (C=O) groups excluding carboxylic acids is 1. The third-order valence-electron chi connectivity index (χ3n) is 5.26. The third kappa shape index (κ3) is 4.85. The maximum absolute atomic E-state index is 11.7. The number of amides is 1. The van der Waals surface area contributed by atoms with E-state index in [1.807, 2.05) is 4.90 Å². The average molecular weight is 430 g/mol. The van der Waals surface area contributed by atoms with Gasteiger partial charge in [0.15, 0.2) is 0 Å². The number of piperidine rings is 1. The number of carbonyl (C=O) groups is 1. The van der Waals surface area contributed by atoms with Crippen molar-refractivity contribution in [1.82, 2.24) is 24.8 Å². The number of anilines is 3. The van der Waals surface area contributed by atoms with Crippen LogP contribution in [0, 0.1) is 0 Å². The van der Waals surface area contributed by atoms with Gasteiger partial charge in [0.2, 0.25) is 17.8 Å². The predicted molar refractivity (Wildman–Crippen MR) is 113 cm³/mol. The van der Waals surface area contributed by atoms with Crippen LogP contribution in [0.15, 0.2) is 12.3 Å². The fraction of sp³-hybridized carbons (Fsp3) is 0.526. The molecular formula is C19H26N8O4. The molecule has 4 rings (SSSR count). The SMILES string of the molecule is COC(=O)N1CCC(Oc2cc(-c3cnc(N)nc3N)nc(N3CCOCC3)n2)CC1. The van der Waals surface area contributed by atoms with Crippen LogP contribution in [-0.2, 0) is 9.47 Å². The van der Waals surface area contributed by atoms with E-state index < -0.39 is 0 Å². The minimum Gasteiger partial charge on any atom is -0.474 e. The largest absolute Gasteiger partial charge is 0.474 e. The van der Waals surface area contributed by atoms with E-state index in [4.69, 9.17) is 25.7 Å². The van der Waals surface area contributed by atoms with Crippen molar-refractivity contribution in [2.24, 2.45) is 0 Å². The molecule has 4 N–H and O–H groups in total. The summed E-state index contributed by atoms with van der Waals surface area (Å²) in [6.45, 7) is 3.67. The van der Waals surface area contributed by atoms with Gasteiger partial charge in [0.05, 0.1) is 31.6 Å². The lowest BCUT2D eigenvalue weighted by Gasteiger charge is -2.31. The van der Waals surface area contributed by atoms with E-state index >= 15 is 0 Å². The number of hydrogen-bond acceptors (Lipinski definition) is 11. The highest BCUT2D eigenvalue weighted by atomic mass is 16.5. The van der Waals surface area contributed by atoms with Gasteiger partial charge in [-0.3, -0.25) is 0 Å². The summed E-state index contributed by atoms with van der Waals surface area (Å²) in [5, 5.41) is 0. The molecule has 0 aliphatic carbocycles. The number of nitrogens with two attached hydrogens (primary N) is 2. The first-order chi connectivity index (χ1) is 15.0. The second-order valence-electron chi connectivity index (χ2n) is 7.29. The van der Waals surface area contributed by atoms with Gasteiger partial charge in [0.1, 0.15) is 11.9 Å². The van der Waals surface area contributed by atoms with Crippen molar-refractivity contribution < 1.29 is 19.0 Å². The van der Waals surface area contributed by atoms with Gasteiger partial charge in [-0.05, 0) is 0 Å². The second-order valence-corrected chi connectivity index (χ2v) is 7.29. The van der Waals surface area contributed by atoms with Crippen molar-refractivity contribution in [3.8, 4) is 17.1 Å². The zero-order valence-corrected chi connectivity index (χ0v) is 17.4. The number of hydrogen-bond donors (Lipinski definition) is 2. The zero-order chi connectivity index (χ0) is 21.8. The summed E-state index contributed by atoms with van der Waals surface area (Å²) in [5.41, 5.74) is 12.8. The number of rotatable bonds is 4. The van der Waals surface area contributed by atoms with Crippen molar-refractivity contribution in [1.29, 1.82) is 0 Å². The molecule has 12 nitrogen and oxygen atoms in total. The molecule has 0 aromatic carbocycles. The summed E-state index contributed by atoms with van der Waals surface area (Å²) in [7, 11) is 1.38. The molecule has 1 amide bonds. The van der Waals surface area contributed by atoms with Crippen LogP contribution in [0.25, 0.3) is 11.3 Å². The van der Waals surface area contributed by atoms with Gasteiger partial charge >= 0.3 is 6.09 Å². The molecular weight excluding hydrogens is 404 g/mol. The number of morpholine rings is 1. The fourth-order valence-electron chi connectivity index (χ4n) is 3.58. The molecule has 2 aliphatic rings. The predicted octanol–water partition coefficient (Wildman–Crippen LogP) is 0.544. The lowest BCUT2D eigenvalue weighted by molar-refractivity contribution is 0.0771. The van der Waals surface area contributed by atoms with Crippen LogP contribution in [0.3, 0.4) is 0 Å². The van der Waals surface area contributed by atoms with E-state index in [9.17, 15) is 4.79 Å². The van der Waals surface area contributed by atoms with E-state index in [0.717, 1.165) is 0 Å². The Balaban J connectivity index is 1.58. The minimum atomic E-state index is -0.323. The van der Waals surface area contributed by atoms with Crippen LogP contribution >= 0.6 is 0 Å². The van der Waals surface area contributed by atoms with Gasteiger partial charge in [-0.2, -0.15) is 9.97 Å². The highest BCUT2D eigenvalue weighted by molar-refractivity contribution is 5.72. The molecule has 4 heterocycles. The first-order valence-electron chi connectivity index (χ1n) is 10.1. The smallest absolute Gasteiger partial charge is 0.409 e. The molecule has 0 saturated carbocycles. The van der Waals surface area contributed by atoms with Gasteiger partial charge in [-0.1, -0.05) is 0 Å². The molecule has 2 saturated heterocycles. The number of nitrogen functional groups attached to an aromatic ring is 2. The van der Waals surface area contributed by atoms with Crippen molar-refractivity contribution in [3.63, 3.8) is 0 Å². The summed E-state index contributed by atoms with van der Waals surface area (Å²) in [6, 6.07) is 1.72. The fourth-order valence-corrected chi connectivity index (χ4v) is 3.58. The van der Waals surface area contributed by atoms with Gasteiger partial charge in [0.25, 0.3) is 0 Å². The summed E-state index contributed by atoms with van der Waals surface area (Å²) >= 11 is 0. The standard InChI is InChI=1S/C19H26N8O4/c1-29-19(28)27-4-2-12(3-5-27)31-15-10-14(13-11-22-17(21)25-16(13)20)23-18(24-15)26-6-8-30-9-7-26/h10-12H,2-9H2,1H3,(H4,20,21,22,25). The highest BCUT2D eigenvalue weighted by Gasteiger charge is 2.26. The van der Waals surface area contributed by atoms with Gasteiger partial charge in [-0.15, -0.1) is 0 Å². The molecule has 0 atom stereocenters. The molecule has 2 aromatic heterocycles. The number of likely N-dealkylation sites (tertiary alicyclic amines) is 1. The Bertz CT molecular complexity index is 929. The molecule has 31 heavy (non-hydrogen) atoms. The van der Waals surface area contributed by atoms with E-state index in [1.165, 1.54) is 7.11 Å². The third-order valence-corrected chi connectivity index (χ3v) is 5.26. The maximum Gasteiger partial charge on any atom is 0.409 e. The Kier molecular flexibility index (Phi) is 6.16. The molecule has 0 spiro atoms. The van der Waals surface area contributed by atoms with Crippen molar-refractivity contribution >= 4 is 23.8 Å². The Morgan fingerprint density at radius 3 is 2.55 bits per heavy atom. The number of methoxy groups -OCH3 is 1. The normalized spacial score (nSPS) is 17.5. The van der Waals surface area contributed by atoms with Crippen LogP contribution in [-0.4, -0.2) is 83.5 Å². The molecule has 2 aromatic rings. The van der Waals surface area contributed by atoms with E-state index in [-0.39, 0.29) is 24.0 Å². The molecule has 0 unspecified atom stereocenters. The molecule has 2 aliphatic heterocycles. The molecule has 0 bridgehead atoms. The van der Waals surface area contributed by atoms with Crippen molar-refractivity contribution in [3.05, 3.63) is 12.3 Å². The number of ether oxygens (including phenoxy) is 3. The quantitative estimate of drug-likeness (QED) is 0.698. The molecule has 166 valence electrons. The Morgan fingerprint density at radius 1 is 1.13 bits per heavy atom. The number of nitrogens with zero attached hydrogens (tertiary/aromatic N) is 6. The van der Waals surface area contributed by atoms with Gasteiger partial charge in [0, 0.05) is 51.3 Å². The minimum absolute atomic E-state index is 0.0822. The summed E-state index contributed by atoms with van der Waals surface area (Å²) in [4.78, 5) is 32.8. The maximum atomic E-state index is 11.7. The summed E-state index contributed by atoms with van der Waals surface area (Å²) < 4.78 is 16.4. The van der Waals surface area contributed by atoms with Crippen LogP contribution in [0.5, 0.6) is 5.88 Å². The van der Waals surface area contributed by atoms with Crippen LogP contribution < -0.4 is 21.1 Å². The average Bonchev–Trinajstić information content (AvgIpc) is 2.79. The monoisotopic (exact) mass is 430 g/mol. The van der Waals surface area contributed by atoms with Crippen molar-refractivity contribution in [2.45, 2.75) is 18.9 Å². The lowest BCUT2D eigenvalue weighted by atomic mass is 10.1. The summed E-state index contributed by atoms with van der Waals surface area (Å²) in [5.74, 6) is 1.28. The van der Waals surface area contributed by atoms with Crippen molar-refractivity contribution in [2.75, 3.05) is 62.9 Å². The first-order valence-corrected chi connectivity index (χ1v) is 10.1. The van der Waals surface area contributed by atoms with Crippen LogP contribution in [0.2, 0.25) is 0 Å². The number of aromatic nitrogens is 4. The topological polar surface area (TPSA) is 155 Å². The van der Waals surface area contributed by atoms with Crippen LogP contribution in [0.1, 0.15) is 12.8 Å². The van der Waals surface area contributed by atoms with Gasteiger partial charge < -0.3 is 35.5 Å². The van der Waals surface area contributed by atoms with E-state index in [2.05, 4.69) is 19.9 Å². The van der Waals surface area contributed by atoms with Crippen LogP contribution in [0.4, 0.5) is 22.5 Å². The summed E-state index contributed by atoms with van der Waals surface area (Å²) in [6.07, 6.45) is 2.49. The first kappa shape index (κ1) is 20.8. The van der Waals surface area contributed by atoms with E-state index in [1.54, 1.807) is 17.2 Å². The highest BCUT2D eigenvalue weighted by Crippen LogP contribution is 2.29. The van der Waals surface area contributed by atoms with E-state index in [0.29, 0.717) is 75.3 Å². The molecule has 0 radical (unpaired) electrons. The zero-order valence-electron chi connectivity index (χ0n) is 17.4. The molecule has 2 fully saturated rings. The Hall–Kier alpha value is -3.41. The molecule has 12 heteroatoms. The second kappa shape index (κ2) is 9.16. The Labute approximate surface area is 179 Å². The lowest BCUT2D eigenvalue weighted by Crippen LogP contribution is -2.41.